The number of hydrogen-bond donors (Lipinski definition) is 1. The van der Waals surface area contributed by atoms with Gasteiger partial charge in [0.05, 0.1) is 11.6 Å². The van der Waals surface area contributed by atoms with Crippen molar-refractivity contribution < 1.29 is 18.4 Å². The van der Waals surface area contributed by atoms with E-state index in [0.717, 1.165) is 37.8 Å². The van der Waals surface area contributed by atoms with Crippen LogP contribution in [0, 0.1) is 17.6 Å². The molecule has 8 heteroatoms. The summed E-state index contributed by atoms with van der Waals surface area (Å²) in [5.74, 6) is -2.31. The summed E-state index contributed by atoms with van der Waals surface area (Å²) in [7, 11) is 1.81. The fraction of sp³-hybridized carbons (Fsp3) is 0.579. The molecule has 1 aromatic rings. The number of nitrogens with one attached hydrogen (secondary N) is 1. The number of piperidine rings is 1. The first-order chi connectivity index (χ1) is 12.4. The van der Waals surface area contributed by atoms with Crippen molar-refractivity contribution in [2.45, 2.75) is 50.2 Å². The molecule has 4 rings (SSSR count). The highest BCUT2D eigenvalue weighted by molar-refractivity contribution is 6.00. The molecule has 1 N–H and O–H groups in total. The van der Waals surface area contributed by atoms with E-state index < -0.39 is 17.6 Å². The smallest absolute Gasteiger partial charge is 0.228 e. The third-order valence-corrected chi connectivity index (χ3v) is 6.02. The Labute approximate surface area is 163 Å². The quantitative estimate of drug-likeness (QED) is 0.849. The lowest BCUT2D eigenvalue weighted by molar-refractivity contribution is -0.137. The number of carbonyl (C=O) groups is 2. The Balaban J connectivity index is 0.00000210. The summed E-state index contributed by atoms with van der Waals surface area (Å²) in [4.78, 5) is 28.3. The number of benzene rings is 1. The molecule has 0 radical (unpaired) electrons. The SMILES string of the molecule is CN(C(=O)C1CC(=O)N(c2ccc(F)cc2F)C1)C1CC2CCC(C1)N2.Cl. The van der Waals surface area contributed by atoms with Gasteiger partial charge in [-0.25, -0.2) is 8.78 Å². The van der Waals surface area contributed by atoms with E-state index >= 15 is 0 Å². The van der Waals surface area contributed by atoms with Crippen LogP contribution in [0.5, 0.6) is 0 Å². The Bertz CT molecular complexity index is 736. The van der Waals surface area contributed by atoms with E-state index in [9.17, 15) is 18.4 Å². The van der Waals surface area contributed by atoms with Crippen LogP contribution in [-0.2, 0) is 9.59 Å². The summed E-state index contributed by atoms with van der Waals surface area (Å²) in [6.07, 6.45) is 4.26. The molecule has 1 aromatic carbocycles. The minimum atomic E-state index is -0.783. The first kappa shape index (κ1) is 20.0. The van der Waals surface area contributed by atoms with Crippen molar-refractivity contribution in [3.05, 3.63) is 29.8 Å². The minimum absolute atomic E-state index is 0. The third-order valence-electron chi connectivity index (χ3n) is 6.02. The van der Waals surface area contributed by atoms with Gasteiger partial charge in [-0.3, -0.25) is 9.59 Å². The zero-order chi connectivity index (χ0) is 18.4. The van der Waals surface area contributed by atoms with Crippen LogP contribution in [0.2, 0.25) is 0 Å². The Morgan fingerprint density at radius 3 is 2.52 bits per heavy atom. The second-order valence-electron chi connectivity index (χ2n) is 7.71. The molecule has 2 amide bonds. The zero-order valence-electron chi connectivity index (χ0n) is 15.2. The average molecular weight is 400 g/mol. The van der Waals surface area contributed by atoms with Crippen molar-refractivity contribution >= 4 is 29.9 Å². The summed E-state index contributed by atoms with van der Waals surface area (Å²) in [5.41, 5.74) is 0.0364. The van der Waals surface area contributed by atoms with Gasteiger partial charge in [0.2, 0.25) is 11.8 Å². The lowest BCUT2D eigenvalue weighted by Crippen LogP contribution is -2.50. The fourth-order valence-corrected chi connectivity index (χ4v) is 4.62. The molecule has 148 valence electrons. The lowest BCUT2D eigenvalue weighted by atomic mass is 9.97. The van der Waals surface area contributed by atoms with Gasteiger partial charge in [0.15, 0.2) is 0 Å². The topological polar surface area (TPSA) is 52.7 Å². The van der Waals surface area contributed by atoms with Gasteiger partial charge in [-0.2, -0.15) is 0 Å². The maximum Gasteiger partial charge on any atom is 0.228 e. The predicted molar refractivity (Wildman–Crippen MR) is 99.8 cm³/mol. The molecule has 2 bridgehead atoms. The molecule has 0 spiro atoms. The second-order valence-corrected chi connectivity index (χ2v) is 7.71. The van der Waals surface area contributed by atoms with Gasteiger partial charge in [-0.05, 0) is 37.8 Å². The molecule has 3 saturated heterocycles. The largest absolute Gasteiger partial charge is 0.342 e. The Morgan fingerprint density at radius 2 is 1.89 bits per heavy atom. The highest BCUT2D eigenvalue weighted by Gasteiger charge is 2.41. The van der Waals surface area contributed by atoms with Gasteiger partial charge >= 0.3 is 0 Å². The molecular weight excluding hydrogens is 376 g/mol. The molecule has 0 aromatic heterocycles. The van der Waals surface area contributed by atoms with Crippen molar-refractivity contribution in [2.75, 3.05) is 18.5 Å². The number of amides is 2. The molecule has 3 atom stereocenters. The van der Waals surface area contributed by atoms with Crippen LogP contribution in [0.1, 0.15) is 32.1 Å². The summed E-state index contributed by atoms with van der Waals surface area (Å²) in [5, 5.41) is 3.56. The van der Waals surface area contributed by atoms with E-state index in [2.05, 4.69) is 5.32 Å². The van der Waals surface area contributed by atoms with Crippen LogP contribution >= 0.6 is 12.4 Å². The van der Waals surface area contributed by atoms with Crippen molar-refractivity contribution in [1.29, 1.82) is 0 Å². The predicted octanol–water partition coefficient (Wildman–Crippen LogP) is 2.48. The maximum absolute atomic E-state index is 14.0. The van der Waals surface area contributed by atoms with E-state index in [1.165, 1.54) is 11.0 Å². The third kappa shape index (κ3) is 3.80. The Kier molecular flexibility index (Phi) is 5.72. The number of nitrogens with zero attached hydrogens (tertiary/aromatic N) is 2. The molecule has 3 aliphatic rings. The molecule has 3 aliphatic heterocycles. The van der Waals surface area contributed by atoms with Crippen molar-refractivity contribution in [3.8, 4) is 0 Å². The summed E-state index contributed by atoms with van der Waals surface area (Å²) in [6.45, 7) is 0.141. The van der Waals surface area contributed by atoms with Crippen molar-refractivity contribution in [2.24, 2.45) is 5.92 Å². The molecule has 27 heavy (non-hydrogen) atoms. The van der Waals surface area contributed by atoms with Crippen LogP contribution < -0.4 is 10.2 Å². The minimum Gasteiger partial charge on any atom is -0.342 e. The summed E-state index contributed by atoms with van der Waals surface area (Å²) in [6, 6.07) is 4.27. The number of fused-ring (bicyclic) bond motifs is 2. The monoisotopic (exact) mass is 399 g/mol. The van der Waals surface area contributed by atoms with Crippen molar-refractivity contribution in [3.63, 3.8) is 0 Å². The van der Waals surface area contributed by atoms with Gasteiger partial charge in [0, 0.05) is 44.2 Å². The van der Waals surface area contributed by atoms with Crippen LogP contribution in [0.3, 0.4) is 0 Å². The maximum atomic E-state index is 14.0. The standard InChI is InChI=1S/C19H23F2N3O2.ClH/c1-23(15-8-13-3-4-14(9-15)22-13)19(26)11-6-18(25)24(10-11)17-5-2-12(20)7-16(17)21;/h2,5,7,11,13-15,22H,3-4,6,8-10H2,1H3;1H. The second kappa shape index (κ2) is 7.72. The highest BCUT2D eigenvalue weighted by Crippen LogP contribution is 2.32. The van der Waals surface area contributed by atoms with Crippen molar-refractivity contribution in [1.82, 2.24) is 10.2 Å². The number of hydrogen-bond acceptors (Lipinski definition) is 3. The molecule has 3 fully saturated rings. The molecule has 3 heterocycles. The fourth-order valence-electron chi connectivity index (χ4n) is 4.62. The van der Waals surface area contributed by atoms with E-state index in [4.69, 9.17) is 0 Å². The van der Waals surface area contributed by atoms with E-state index in [1.807, 2.05) is 7.05 Å². The van der Waals surface area contributed by atoms with Crippen LogP contribution in [-0.4, -0.2) is 48.4 Å². The van der Waals surface area contributed by atoms with Gasteiger partial charge in [-0.15, -0.1) is 12.4 Å². The normalized spacial score (nSPS) is 29.6. The van der Waals surface area contributed by atoms with Crippen LogP contribution in [0.15, 0.2) is 18.2 Å². The first-order valence-electron chi connectivity index (χ1n) is 9.20. The highest BCUT2D eigenvalue weighted by atomic mass is 35.5. The van der Waals surface area contributed by atoms with Gasteiger partial charge in [0.25, 0.3) is 0 Å². The van der Waals surface area contributed by atoms with Crippen LogP contribution in [0.25, 0.3) is 0 Å². The average Bonchev–Trinajstić information content (AvgIpc) is 3.15. The Hall–Kier alpha value is -1.73. The van der Waals surface area contributed by atoms with Crippen LogP contribution in [0.4, 0.5) is 14.5 Å². The molecule has 0 aliphatic carbocycles. The van der Waals surface area contributed by atoms with Gasteiger partial charge in [-0.1, -0.05) is 0 Å². The lowest BCUT2D eigenvalue weighted by Gasteiger charge is -2.36. The number of anilines is 1. The van der Waals surface area contributed by atoms with E-state index in [-0.39, 0.29) is 48.9 Å². The molecule has 5 nitrogen and oxygen atoms in total. The van der Waals surface area contributed by atoms with E-state index in [0.29, 0.717) is 12.1 Å². The number of rotatable bonds is 3. The number of carbonyl (C=O) groups excluding carboxylic acids is 2. The summed E-state index contributed by atoms with van der Waals surface area (Å²) >= 11 is 0. The zero-order valence-corrected chi connectivity index (χ0v) is 16.0. The number of halogens is 3. The molecule has 0 saturated carbocycles. The van der Waals surface area contributed by atoms with Gasteiger partial charge < -0.3 is 15.1 Å². The van der Waals surface area contributed by atoms with Gasteiger partial charge in [0.1, 0.15) is 11.6 Å². The van der Waals surface area contributed by atoms with E-state index in [1.54, 1.807) is 4.90 Å². The Morgan fingerprint density at radius 1 is 1.22 bits per heavy atom. The molecular formula is C19H24ClF2N3O2. The summed E-state index contributed by atoms with van der Waals surface area (Å²) < 4.78 is 27.1. The first-order valence-corrected chi connectivity index (χ1v) is 9.20. The molecule has 3 unspecified atom stereocenters.